The Morgan fingerprint density at radius 3 is 3.25 bits per heavy atom. The molecule has 16 heavy (non-hydrogen) atoms. The van der Waals surface area contributed by atoms with Gasteiger partial charge >= 0.3 is 0 Å². The first-order valence-electron chi connectivity index (χ1n) is 5.72. The van der Waals surface area contributed by atoms with Crippen molar-refractivity contribution >= 4 is 5.82 Å². The van der Waals surface area contributed by atoms with Crippen LogP contribution < -0.4 is 5.73 Å². The number of hydrogen-bond donors (Lipinski definition) is 1. The van der Waals surface area contributed by atoms with Gasteiger partial charge in [-0.05, 0) is 25.6 Å². The fourth-order valence-corrected chi connectivity index (χ4v) is 2.09. The van der Waals surface area contributed by atoms with E-state index in [1.807, 2.05) is 18.2 Å². The lowest BCUT2D eigenvalue weighted by Crippen LogP contribution is -2.27. The van der Waals surface area contributed by atoms with E-state index in [0.29, 0.717) is 11.7 Å². The standard InChI is InChI=1S/C12H19N3O/c1-15-5-6-16-9-10(8-15)7-11-3-2-4-12(13)14-11/h2-4,10H,5-9H2,1H3,(H2,13,14). The second kappa shape index (κ2) is 5.27. The van der Waals surface area contributed by atoms with Crippen molar-refractivity contribution in [3.05, 3.63) is 23.9 Å². The highest BCUT2D eigenvalue weighted by Gasteiger charge is 2.16. The monoisotopic (exact) mass is 221 g/mol. The molecule has 2 N–H and O–H groups in total. The Morgan fingerprint density at radius 2 is 2.44 bits per heavy atom. The molecule has 1 aromatic heterocycles. The summed E-state index contributed by atoms with van der Waals surface area (Å²) < 4.78 is 5.58. The number of nitrogens with two attached hydrogens (primary N) is 1. The van der Waals surface area contributed by atoms with Gasteiger partial charge in [0, 0.05) is 24.7 Å². The van der Waals surface area contributed by atoms with Crippen molar-refractivity contribution in [1.82, 2.24) is 9.88 Å². The minimum atomic E-state index is 0.516. The van der Waals surface area contributed by atoms with E-state index in [0.717, 1.165) is 38.4 Å². The van der Waals surface area contributed by atoms with E-state index in [2.05, 4.69) is 16.9 Å². The lowest BCUT2D eigenvalue weighted by atomic mass is 10.0. The number of hydrogen-bond acceptors (Lipinski definition) is 4. The third-order valence-electron chi connectivity index (χ3n) is 2.87. The molecule has 4 heteroatoms. The van der Waals surface area contributed by atoms with Crippen LogP contribution in [0.15, 0.2) is 18.2 Å². The van der Waals surface area contributed by atoms with Crippen molar-refractivity contribution in [3.8, 4) is 0 Å². The number of pyridine rings is 1. The molecule has 1 aliphatic heterocycles. The Labute approximate surface area is 96.4 Å². The zero-order valence-corrected chi connectivity index (χ0v) is 9.72. The van der Waals surface area contributed by atoms with Gasteiger partial charge in [0.15, 0.2) is 0 Å². The molecule has 1 aromatic rings. The van der Waals surface area contributed by atoms with Gasteiger partial charge in [0.25, 0.3) is 0 Å². The number of likely N-dealkylation sites (N-methyl/N-ethyl adjacent to an activating group) is 1. The quantitative estimate of drug-likeness (QED) is 0.802. The van der Waals surface area contributed by atoms with Gasteiger partial charge in [-0.2, -0.15) is 0 Å². The van der Waals surface area contributed by atoms with Crippen LogP contribution in [0.4, 0.5) is 5.82 Å². The first-order valence-corrected chi connectivity index (χ1v) is 5.72. The molecule has 0 radical (unpaired) electrons. The maximum absolute atomic E-state index is 5.67. The topological polar surface area (TPSA) is 51.4 Å². The number of ether oxygens (including phenoxy) is 1. The molecule has 0 bridgehead atoms. The highest BCUT2D eigenvalue weighted by molar-refractivity contribution is 5.28. The maximum atomic E-state index is 5.67. The zero-order chi connectivity index (χ0) is 11.4. The summed E-state index contributed by atoms with van der Waals surface area (Å²) in [6, 6.07) is 5.80. The molecule has 1 saturated heterocycles. The number of nitrogens with zero attached hydrogens (tertiary/aromatic N) is 2. The van der Waals surface area contributed by atoms with Gasteiger partial charge in [0.1, 0.15) is 5.82 Å². The lowest BCUT2D eigenvalue weighted by molar-refractivity contribution is 0.122. The fourth-order valence-electron chi connectivity index (χ4n) is 2.09. The van der Waals surface area contributed by atoms with Gasteiger partial charge in [-0.25, -0.2) is 4.98 Å². The highest BCUT2D eigenvalue weighted by atomic mass is 16.5. The summed E-state index contributed by atoms with van der Waals surface area (Å²) in [4.78, 5) is 6.64. The lowest BCUT2D eigenvalue weighted by Gasteiger charge is -2.18. The van der Waals surface area contributed by atoms with Crippen LogP contribution in [0.25, 0.3) is 0 Å². The number of anilines is 1. The van der Waals surface area contributed by atoms with E-state index in [9.17, 15) is 0 Å². The predicted octanol–water partition coefficient (Wildman–Crippen LogP) is 0.784. The van der Waals surface area contributed by atoms with Gasteiger partial charge in [-0.3, -0.25) is 0 Å². The summed E-state index contributed by atoms with van der Waals surface area (Å²) in [6.07, 6.45) is 0.940. The van der Waals surface area contributed by atoms with Gasteiger partial charge in [0.05, 0.1) is 13.2 Å². The van der Waals surface area contributed by atoms with Crippen LogP contribution in [-0.4, -0.2) is 43.2 Å². The zero-order valence-electron chi connectivity index (χ0n) is 9.72. The maximum Gasteiger partial charge on any atom is 0.123 e. The predicted molar refractivity (Wildman–Crippen MR) is 64.2 cm³/mol. The van der Waals surface area contributed by atoms with E-state index < -0.39 is 0 Å². The molecule has 2 heterocycles. The van der Waals surface area contributed by atoms with Crippen LogP contribution >= 0.6 is 0 Å². The molecular weight excluding hydrogens is 202 g/mol. The van der Waals surface area contributed by atoms with Crippen molar-refractivity contribution in [2.75, 3.05) is 39.1 Å². The van der Waals surface area contributed by atoms with Gasteiger partial charge in [-0.1, -0.05) is 6.07 Å². The van der Waals surface area contributed by atoms with Crippen molar-refractivity contribution in [3.63, 3.8) is 0 Å². The molecule has 1 aliphatic rings. The summed E-state index contributed by atoms with van der Waals surface area (Å²) in [5.41, 5.74) is 6.73. The van der Waals surface area contributed by atoms with Crippen LogP contribution in [0.2, 0.25) is 0 Å². The summed E-state index contributed by atoms with van der Waals surface area (Å²) in [5.74, 6) is 1.11. The molecule has 0 aromatic carbocycles. The summed E-state index contributed by atoms with van der Waals surface area (Å²) in [7, 11) is 2.13. The van der Waals surface area contributed by atoms with E-state index in [4.69, 9.17) is 10.5 Å². The van der Waals surface area contributed by atoms with Crippen molar-refractivity contribution in [2.45, 2.75) is 6.42 Å². The molecular formula is C12H19N3O. The minimum Gasteiger partial charge on any atom is -0.384 e. The van der Waals surface area contributed by atoms with Crippen LogP contribution in [0.1, 0.15) is 5.69 Å². The van der Waals surface area contributed by atoms with Crippen LogP contribution in [0, 0.1) is 5.92 Å². The second-order valence-electron chi connectivity index (χ2n) is 4.46. The molecule has 1 fully saturated rings. The van der Waals surface area contributed by atoms with Gasteiger partial charge in [0.2, 0.25) is 0 Å². The summed E-state index contributed by atoms with van der Waals surface area (Å²) in [6.45, 7) is 3.73. The van der Waals surface area contributed by atoms with Crippen LogP contribution in [0.5, 0.6) is 0 Å². The highest BCUT2D eigenvalue weighted by Crippen LogP contribution is 2.12. The molecule has 0 spiro atoms. The molecule has 88 valence electrons. The third kappa shape index (κ3) is 3.18. The van der Waals surface area contributed by atoms with Crippen molar-refractivity contribution in [2.24, 2.45) is 5.92 Å². The van der Waals surface area contributed by atoms with E-state index in [1.54, 1.807) is 0 Å². The SMILES string of the molecule is CN1CCOCC(Cc2cccc(N)n2)C1. The molecule has 0 saturated carbocycles. The third-order valence-corrected chi connectivity index (χ3v) is 2.87. The summed E-state index contributed by atoms with van der Waals surface area (Å²) in [5, 5.41) is 0. The van der Waals surface area contributed by atoms with Gasteiger partial charge < -0.3 is 15.4 Å². The minimum absolute atomic E-state index is 0.516. The number of aromatic nitrogens is 1. The van der Waals surface area contributed by atoms with E-state index >= 15 is 0 Å². The molecule has 2 rings (SSSR count). The first-order chi connectivity index (χ1) is 7.74. The average Bonchev–Trinajstić information content (AvgIpc) is 2.43. The average molecular weight is 221 g/mol. The number of rotatable bonds is 2. The Bertz CT molecular complexity index is 343. The molecule has 1 unspecified atom stereocenters. The molecule has 1 atom stereocenters. The van der Waals surface area contributed by atoms with Crippen molar-refractivity contribution < 1.29 is 4.74 Å². The van der Waals surface area contributed by atoms with Crippen LogP contribution in [0.3, 0.4) is 0 Å². The smallest absolute Gasteiger partial charge is 0.123 e. The van der Waals surface area contributed by atoms with E-state index in [-0.39, 0.29) is 0 Å². The Hall–Kier alpha value is -1.13. The summed E-state index contributed by atoms with van der Waals surface area (Å²) >= 11 is 0. The first kappa shape index (κ1) is 11.4. The normalized spacial score (nSPS) is 22.9. The Balaban J connectivity index is 1.97. The fraction of sp³-hybridized carbons (Fsp3) is 0.583. The van der Waals surface area contributed by atoms with Crippen LogP contribution in [-0.2, 0) is 11.2 Å². The van der Waals surface area contributed by atoms with E-state index in [1.165, 1.54) is 0 Å². The Morgan fingerprint density at radius 1 is 1.56 bits per heavy atom. The Kier molecular flexibility index (Phi) is 3.74. The largest absolute Gasteiger partial charge is 0.384 e. The molecule has 0 aliphatic carbocycles. The number of nitrogen functional groups attached to an aromatic ring is 1. The molecule has 0 amide bonds. The molecule has 4 nitrogen and oxygen atoms in total. The van der Waals surface area contributed by atoms with Gasteiger partial charge in [-0.15, -0.1) is 0 Å². The van der Waals surface area contributed by atoms with Crippen molar-refractivity contribution in [1.29, 1.82) is 0 Å². The second-order valence-corrected chi connectivity index (χ2v) is 4.46.